The van der Waals surface area contributed by atoms with Crippen molar-refractivity contribution in [3.8, 4) is 56.5 Å². The molecule has 0 fully saturated rings. The molecule has 10 rings (SSSR count). The van der Waals surface area contributed by atoms with Gasteiger partial charge >= 0.3 is 0 Å². The van der Waals surface area contributed by atoms with Gasteiger partial charge in [0.05, 0.1) is 11.4 Å². The summed E-state index contributed by atoms with van der Waals surface area (Å²) >= 11 is 0. The van der Waals surface area contributed by atoms with Gasteiger partial charge in [-0.05, 0) is 36.4 Å². The van der Waals surface area contributed by atoms with Crippen LogP contribution in [0, 0.1) is 0 Å². The fourth-order valence-electron chi connectivity index (χ4n) is 6.71. The monoisotopic (exact) mass is 642 g/mol. The number of fused-ring (bicyclic) bond motifs is 6. The highest BCUT2D eigenvalue weighted by molar-refractivity contribution is 6.11. The molecule has 0 atom stereocenters. The Kier molecular flexibility index (Phi) is 6.39. The summed E-state index contributed by atoms with van der Waals surface area (Å²) in [6, 6.07) is 52.8. The van der Waals surface area contributed by atoms with Crippen LogP contribution in [0.15, 0.2) is 167 Å². The standard InChI is InChI=1S/C44H26N4O2/c1-4-13-27(14-5-1)35-26-36(46-43(45-35)29-17-8-3-9-18-29)33-21-12-20-32-31-24-23-30(25-38(31)50-41(32)33)44-47-39(28-15-6-2-7-16-28)42-40(48-44)34-19-10-11-22-37(34)49-42/h1-26H. The summed E-state index contributed by atoms with van der Waals surface area (Å²) < 4.78 is 13.0. The van der Waals surface area contributed by atoms with Gasteiger partial charge < -0.3 is 8.83 Å². The Labute approximate surface area is 286 Å². The molecule has 4 aromatic heterocycles. The first-order chi connectivity index (χ1) is 24.8. The highest BCUT2D eigenvalue weighted by Crippen LogP contribution is 2.40. The number of hydrogen-bond donors (Lipinski definition) is 0. The summed E-state index contributed by atoms with van der Waals surface area (Å²) in [6.45, 7) is 0. The third kappa shape index (κ3) is 4.65. The Balaban J connectivity index is 1.15. The Hall–Kier alpha value is -6.92. The lowest BCUT2D eigenvalue weighted by atomic mass is 10.0. The van der Waals surface area contributed by atoms with E-state index in [1.807, 2.05) is 115 Å². The molecule has 0 aliphatic rings. The average Bonchev–Trinajstić information content (AvgIpc) is 3.76. The second kappa shape index (κ2) is 11.4. The number of aromatic nitrogens is 4. The highest BCUT2D eigenvalue weighted by atomic mass is 16.3. The van der Waals surface area contributed by atoms with Gasteiger partial charge in [-0.15, -0.1) is 0 Å². The zero-order valence-corrected chi connectivity index (χ0v) is 26.6. The molecule has 0 aliphatic heterocycles. The van der Waals surface area contributed by atoms with E-state index in [1.54, 1.807) is 0 Å². The van der Waals surface area contributed by atoms with Gasteiger partial charge in [-0.3, -0.25) is 0 Å². The molecule has 0 aliphatic carbocycles. The molecular formula is C44H26N4O2. The molecule has 4 heterocycles. The summed E-state index contributed by atoms with van der Waals surface area (Å²) in [4.78, 5) is 20.2. The third-order valence-electron chi connectivity index (χ3n) is 9.13. The molecular weight excluding hydrogens is 617 g/mol. The van der Waals surface area contributed by atoms with Gasteiger partial charge in [0.15, 0.2) is 17.2 Å². The molecule has 0 bridgehead atoms. The van der Waals surface area contributed by atoms with E-state index in [0.29, 0.717) is 17.2 Å². The molecule has 0 unspecified atom stereocenters. The lowest BCUT2D eigenvalue weighted by Gasteiger charge is -2.09. The number of nitrogens with zero attached hydrogens (tertiary/aromatic N) is 4. The van der Waals surface area contributed by atoms with Crippen LogP contribution >= 0.6 is 0 Å². The van der Waals surface area contributed by atoms with Crippen LogP contribution < -0.4 is 0 Å². The molecule has 234 valence electrons. The van der Waals surface area contributed by atoms with Crippen LogP contribution in [0.2, 0.25) is 0 Å². The smallest absolute Gasteiger partial charge is 0.180 e. The Bertz CT molecular complexity index is 2800. The molecule has 0 spiro atoms. The van der Waals surface area contributed by atoms with E-state index in [0.717, 1.165) is 83.3 Å². The van der Waals surface area contributed by atoms with E-state index in [2.05, 4.69) is 42.5 Å². The first-order valence-corrected chi connectivity index (χ1v) is 16.5. The van der Waals surface area contributed by atoms with Crippen molar-refractivity contribution in [2.24, 2.45) is 0 Å². The molecule has 0 saturated carbocycles. The van der Waals surface area contributed by atoms with E-state index in [1.165, 1.54) is 0 Å². The molecule has 10 aromatic rings. The summed E-state index contributed by atoms with van der Waals surface area (Å²) in [5.74, 6) is 1.26. The van der Waals surface area contributed by atoms with Crippen molar-refractivity contribution in [3.63, 3.8) is 0 Å². The van der Waals surface area contributed by atoms with Crippen molar-refractivity contribution in [1.82, 2.24) is 19.9 Å². The van der Waals surface area contributed by atoms with Gasteiger partial charge in [-0.1, -0.05) is 121 Å². The minimum atomic E-state index is 0.598. The summed E-state index contributed by atoms with van der Waals surface area (Å²) in [5.41, 5.74) is 10.8. The fraction of sp³-hybridized carbons (Fsp3) is 0. The molecule has 0 amide bonds. The average molecular weight is 643 g/mol. The second-order valence-corrected chi connectivity index (χ2v) is 12.2. The Morgan fingerprint density at radius 2 is 1.00 bits per heavy atom. The minimum Gasteiger partial charge on any atom is -0.455 e. The first kappa shape index (κ1) is 28.1. The summed E-state index contributed by atoms with van der Waals surface area (Å²) in [6.07, 6.45) is 0. The van der Waals surface area contributed by atoms with Crippen LogP contribution in [0.25, 0.3) is 101 Å². The second-order valence-electron chi connectivity index (χ2n) is 12.2. The quantitative estimate of drug-likeness (QED) is 0.186. The zero-order valence-electron chi connectivity index (χ0n) is 26.6. The van der Waals surface area contributed by atoms with E-state index in [9.17, 15) is 0 Å². The largest absolute Gasteiger partial charge is 0.455 e. The van der Waals surface area contributed by atoms with Gasteiger partial charge in [-0.25, -0.2) is 19.9 Å². The number of benzene rings is 6. The van der Waals surface area contributed by atoms with Crippen LogP contribution in [0.3, 0.4) is 0 Å². The number of hydrogen-bond acceptors (Lipinski definition) is 6. The number of furan rings is 2. The predicted molar refractivity (Wildman–Crippen MR) is 199 cm³/mol. The van der Waals surface area contributed by atoms with Crippen molar-refractivity contribution in [1.29, 1.82) is 0 Å². The van der Waals surface area contributed by atoms with Gasteiger partial charge in [0, 0.05) is 44.0 Å². The lowest BCUT2D eigenvalue weighted by molar-refractivity contribution is 0.667. The van der Waals surface area contributed by atoms with Crippen LogP contribution in [0.1, 0.15) is 0 Å². The first-order valence-electron chi connectivity index (χ1n) is 16.5. The van der Waals surface area contributed by atoms with Crippen LogP contribution in [0.4, 0.5) is 0 Å². The van der Waals surface area contributed by atoms with E-state index >= 15 is 0 Å². The third-order valence-corrected chi connectivity index (χ3v) is 9.13. The van der Waals surface area contributed by atoms with Crippen molar-refractivity contribution < 1.29 is 8.83 Å². The van der Waals surface area contributed by atoms with Gasteiger partial charge in [0.1, 0.15) is 28.0 Å². The zero-order chi connectivity index (χ0) is 33.0. The van der Waals surface area contributed by atoms with E-state index in [4.69, 9.17) is 28.8 Å². The van der Waals surface area contributed by atoms with Gasteiger partial charge in [0.2, 0.25) is 0 Å². The van der Waals surface area contributed by atoms with Gasteiger partial charge in [-0.2, -0.15) is 0 Å². The van der Waals surface area contributed by atoms with Crippen LogP contribution in [-0.4, -0.2) is 19.9 Å². The van der Waals surface area contributed by atoms with Crippen LogP contribution in [-0.2, 0) is 0 Å². The summed E-state index contributed by atoms with van der Waals surface area (Å²) in [5, 5.41) is 2.96. The SMILES string of the molecule is c1ccc(-c2cc(-c3cccc4c3oc3cc(-c5nc(-c6ccccc6)c6oc7ccccc7c6n5)ccc34)nc(-c3ccccc3)n2)cc1. The topological polar surface area (TPSA) is 77.8 Å². The predicted octanol–water partition coefficient (Wildman–Crippen LogP) is 11.4. The maximum Gasteiger partial charge on any atom is 0.180 e. The molecule has 0 saturated heterocycles. The number of para-hydroxylation sites is 2. The van der Waals surface area contributed by atoms with Crippen molar-refractivity contribution >= 4 is 44.0 Å². The van der Waals surface area contributed by atoms with Crippen LogP contribution in [0.5, 0.6) is 0 Å². The lowest BCUT2D eigenvalue weighted by Crippen LogP contribution is -1.96. The maximum atomic E-state index is 6.71. The molecule has 0 N–H and O–H groups in total. The van der Waals surface area contributed by atoms with E-state index < -0.39 is 0 Å². The van der Waals surface area contributed by atoms with Gasteiger partial charge in [0.25, 0.3) is 0 Å². The van der Waals surface area contributed by atoms with Crippen molar-refractivity contribution in [3.05, 3.63) is 158 Å². The highest BCUT2D eigenvalue weighted by Gasteiger charge is 2.20. The van der Waals surface area contributed by atoms with Crippen molar-refractivity contribution in [2.45, 2.75) is 0 Å². The normalized spacial score (nSPS) is 11.6. The molecule has 6 nitrogen and oxygen atoms in total. The maximum absolute atomic E-state index is 6.71. The minimum absolute atomic E-state index is 0.598. The Morgan fingerprint density at radius 1 is 0.360 bits per heavy atom. The van der Waals surface area contributed by atoms with E-state index in [-0.39, 0.29) is 0 Å². The molecule has 6 heteroatoms. The fourth-order valence-corrected chi connectivity index (χ4v) is 6.71. The Morgan fingerprint density at radius 3 is 1.80 bits per heavy atom. The van der Waals surface area contributed by atoms with Crippen molar-refractivity contribution in [2.75, 3.05) is 0 Å². The molecule has 50 heavy (non-hydrogen) atoms. The number of rotatable bonds is 5. The summed E-state index contributed by atoms with van der Waals surface area (Å²) in [7, 11) is 0. The molecule has 6 aromatic carbocycles. The molecule has 0 radical (unpaired) electrons.